The number of nitrogens with one attached hydrogen (secondary N) is 1. The van der Waals surface area contributed by atoms with Gasteiger partial charge in [-0.2, -0.15) is 0 Å². The summed E-state index contributed by atoms with van der Waals surface area (Å²) in [5.74, 6) is -3.57. The normalized spacial score (nSPS) is 13.9. The number of rotatable bonds is 13. The van der Waals surface area contributed by atoms with Crippen molar-refractivity contribution in [3.05, 3.63) is 82.4 Å². The van der Waals surface area contributed by atoms with Crippen molar-refractivity contribution in [2.75, 3.05) is 18.5 Å². The second-order valence-corrected chi connectivity index (χ2v) is 13.5. The Morgan fingerprint density at radius 3 is 2.02 bits per heavy atom. The maximum atomic E-state index is 14.5. The van der Waals surface area contributed by atoms with Crippen LogP contribution in [0.2, 0.25) is 0 Å². The van der Waals surface area contributed by atoms with Crippen molar-refractivity contribution in [1.82, 2.24) is 0 Å². The van der Waals surface area contributed by atoms with E-state index in [-0.39, 0.29) is 51.7 Å². The van der Waals surface area contributed by atoms with Gasteiger partial charge in [0.15, 0.2) is 11.6 Å². The number of phenols is 2. The van der Waals surface area contributed by atoms with Gasteiger partial charge in [0, 0.05) is 16.8 Å². The lowest BCUT2D eigenvalue weighted by atomic mass is 9.82. The van der Waals surface area contributed by atoms with Gasteiger partial charge in [0.25, 0.3) is 0 Å². The predicted molar refractivity (Wildman–Crippen MR) is 157 cm³/mol. The zero-order valence-corrected chi connectivity index (χ0v) is 24.9. The van der Waals surface area contributed by atoms with Crippen LogP contribution in [-0.4, -0.2) is 43.4 Å². The molecule has 4 rings (SSSR count). The van der Waals surface area contributed by atoms with Crippen molar-refractivity contribution in [3.8, 4) is 11.5 Å². The molecule has 0 saturated heterocycles. The Bertz CT molecular complexity index is 1640. The van der Waals surface area contributed by atoms with Gasteiger partial charge in [0.1, 0.15) is 11.5 Å². The van der Waals surface area contributed by atoms with E-state index >= 15 is 0 Å². The third kappa shape index (κ3) is 6.43. The molecule has 11 nitrogen and oxygen atoms in total. The molecule has 0 aliphatic heterocycles. The standard InChI is InChI=1S/C29H33N2O9PS/c1-3-5-14-39-41(36,40-15-6-4-2)29(31-19-10-12-20(13-11-19)42(30,37)38)18-16-22-26(24(33)17-18)28(35)25-21(27(22)34)8-7-9-23(25)32/h7-13,16-17,29,31-33H,3-6,14-15H2,1-2H3,(H2,30,37,38). The molecule has 1 atom stereocenters. The smallest absolute Gasteiger partial charge is 0.357 e. The molecule has 3 aromatic carbocycles. The minimum Gasteiger partial charge on any atom is -0.507 e. The first-order valence-corrected chi connectivity index (χ1v) is 16.6. The van der Waals surface area contributed by atoms with Crippen molar-refractivity contribution in [2.45, 2.75) is 50.2 Å². The number of aromatic hydroxyl groups is 2. The molecule has 0 radical (unpaired) electrons. The van der Waals surface area contributed by atoms with Crippen molar-refractivity contribution in [2.24, 2.45) is 5.14 Å². The summed E-state index contributed by atoms with van der Waals surface area (Å²) in [6.45, 7) is 4.08. The van der Waals surface area contributed by atoms with Crippen LogP contribution in [0.5, 0.6) is 11.5 Å². The minimum atomic E-state index is -4.09. The van der Waals surface area contributed by atoms with Crippen molar-refractivity contribution in [3.63, 3.8) is 0 Å². The van der Waals surface area contributed by atoms with Crippen molar-refractivity contribution >= 4 is 34.9 Å². The van der Waals surface area contributed by atoms with Gasteiger partial charge in [0.2, 0.25) is 15.8 Å². The van der Waals surface area contributed by atoms with Gasteiger partial charge in [-0.05, 0) is 60.9 Å². The molecule has 0 spiro atoms. The molecule has 0 heterocycles. The fourth-order valence-electron chi connectivity index (χ4n) is 4.56. The largest absolute Gasteiger partial charge is 0.507 e. The SMILES string of the molecule is CCCCOP(=O)(OCCCC)C(Nc1ccc(S(N)(=O)=O)cc1)c1cc(O)c2c(c1)C(=O)c1cccc(O)c1C2=O. The fraction of sp³-hybridized carbons (Fsp3) is 0.310. The zero-order valence-electron chi connectivity index (χ0n) is 23.2. The van der Waals surface area contributed by atoms with E-state index in [0.29, 0.717) is 18.5 Å². The Balaban J connectivity index is 1.86. The number of unbranched alkanes of at least 4 members (excludes halogenated alkanes) is 2. The molecule has 0 saturated carbocycles. The van der Waals surface area contributed by atoms with Gasteiger partial charge < -0.3 is 24.6 Å². The topological polar surface area (TPSA) is 182 Å². The summed E-state index contributed by atoms with van der Waals surface area (Å²) in [5, 5.41) is 29.6. The highest BCUT2D eigenvalue weighted by Crippen LogP contribution is 2.61. The first kappa shape index (κ1) is 31.4. The summed E-state index contributed by atoms with van der Waals surface area (Å²) in [5.41, 5.74) is -0.225. The Hall–Kier alpha value is -3.54. The van der Waals surface area contributed by atoms with E-state index in [0.717, 1.165) is 12.8 Å². The third-order valence-corrected chi connectivity index (χ3v) is 9.86. The Morgan fingerprint density at radius 1 is 0.857 bits per heavy atom. The molecular weight excluding hydrogens is 583 g/mol. The number of anilines is 1. The van der Waals surface area contributed by atoms with Crippen LogP contribution in [-0.2, 0) is 23.6 Å². The number of carbonyl (C=O) groups excluding carboxylic acids is 2. The summed E-state index contributed by atoms with van der Waals surface area (Å²) < 4.78 is 49.7. The molecular formula is C29H33N2O9PS. The van der Waals surface area contributed by atoms with Gasteiger partial charge in [-0.1, -0.05) is 38.8 Å². The highest BCUT2D eigenvalue weighted by molar-refractivity contribution is 7.89. The second-order valence-electron chi connectivity index (χ2n) is 9.85. The molecule has 0 amide bonds. The first-order chi connectivity index (χ1) is 19.9. The third-order valence-electron chi connectivity index (χ3n) is 6.78. The Morgan fingerprint density at radius 2 is 1.45 bits per heavy atom. The molecule has 224 valence electrons. The lowest BCUT2D eigenvalue weighted by Crippen LogP contribution is -2.23. The number of ketones is 2. The maximum absolute atomic E-state index is 14.5. The van der Waals surface area contributed by atoms with Crippen molar-refractivity contribution in [1.29, 1.82) is 0 Å². The van der Waals surface area contributed by atoms with Gasteiger partial charge in [0.05, 0.1) is 29.2 Å². The van der Waals surface area contributed by atoms with Crippen LogP contribution in [0.15, 0.2) is 59.5 Å². The lowest BCUT2D eigenvalue weighted by molar-refractivity contribution is 0.0974. The number of phenolic OH excluding ortho intramolecular Hbond substituents is 2. The van der Waals surface area contributed by atoms with Gasteiger partial charge in [-0.25, -0.2) is 13.6 Å². The highest BCUT2D eigenvalue weighted by atomic mass is 32.2. The molecule has 0 fully saturated rings. The average molecular weight is 617 g/mol. The monoisotopic (exact) mass is 616 g/mol. The molecule has 5 N–H and O–H groups in total. The molecule has 1 aliphatic rings. The number of hydrogen-bond donors (Lipinski definition) is 4. The molecule has 42 heavy (non-hydrogen) atoms. The number of hydrogen-bond acceptors (Lipinski definition) is 10. The van der Waals surface area contributed by atoms with Crippen LogP contribution in [0, 0.1) is 0 Å². The maximum Gasteiger partial charge on any atom is 0.357 e. The van der Waals surface area contributed by atoms with Crippen LogP contribution in [0.1, 0.15) is 82.7 Å². The van der Waals surface area contributed by atoms with E-state index in [2.05, 4.69) is 5.32 Å². The number of primary sulfonamides is 1. The predicted octanol–water partition coefficient (Wildman–Crippen LogP) is 5.46. The quantitative estimate of drug-likeness (QED) is 0.111. The molecule has 1 aliphatic carbocycles. The first-order valence-electron chi connectivity index (χ1n) is 13.5. The zero-order chi connectivity index (χ0) is 30.7. The van der Waals surface area contributed by atoms with E-state index in [1.807, 2.05) is 13.8 Å². The number of benzene rings is 3. The van der Waals surface area contributed by atoms with Crippen LogP contribution in [0.4, 0.5) is 5.69 Å². The number of sulfonamides is 1. The molecule has 0 aromatic heterocycles. The Labute approximate surface area is 244 Å². The second kappa shape index (κ2) is 12.8. The average Bonchev–Trinajstić information content (AvgIpc) is 2.94. The number of carbonyl (C=O) groups is 2. The summed E-state index contributed by atoms with van der Waals surface area (Å²) in [4.78, 5) is 26.6. The number of fused-ring (bicyclic) bond motifs is 2. The van der Waals surface area contributed by atoms with E-state index in [9.17, 15) is 32.8 Å². The summed E-state index contributed by atoms with van der Waals surface area (Å²) in [6.07, 6.45) is 2.67. The number of nitrogens with two attached hydrogens (primary N) is 1. The van der Waals surface area contributed by atoms with Crippen LogP contribution >= 0.6 is 7.60 Å². The van der Waals surface area contributed by atoms with Crippen LogP contribution in [0.3, 0.4) is 0 Å². The van der Waals surface area contributed by atoms with Crippen molar-refractivity contribution < 1.29 is 41.8 Å². The summed E-state index contributed by atoms with van der Waals surface area (Å²) in [7, 11) is -8.05. The van der Waals surface area contributed by atoms with Gasteiger partial charge in [-0.3, -0.25) is 14.2 Å². The fourth-order valence-corrected chi connectivity index (χ4v) is 7.04. The molecule has 1 unspecified atom stereocenters. The summed E-state index contributed by atoms with van der Waals surface area (Å²) >= 11 is 0. The molecule has 13 heteroatoms. The summed E-state index contributed by atoms with van der Waals surface area (Å²) in [6, 6.07) is 12.0. The lowest BCUT2D eigenvalue weighted by Gasteiger charge is -2.30. The van der Waals surface area contributed by atoms with Crippen LogP contribution < -0.4 is 10.5 Å². The Kier molecular flexibility index (Phi) is 9.54. The van der Waals surface area contributed by atoms with Crippen LogP contribution in [0.25, 0.3) is 0 Å². The molecule has 3 aromatic rings. The van der Waals surface area contributed by atoms with E-state index < -0.39 is 40.7 Å². The van der Waals surface area contributed by atoms with E-state index in [4.69, 9.17) is 14.2 Å². The minimum absolute atomic E-state index is 0.0336. The van der Waals surface area contributed by atoms with E-state index in [1.54, 1.807) is 0 Å². The molecule has 0 bridgehead atoms. The van der Waals surface area contributed by atoms with E-state index in [1.165, 1.54) is 54.6 Å². The van der Waals surface area contributed by atoms with Gasteiger partial charge in [-0.15, -0.1) is 0 Å². The van der Waals surface area contributed by atoms with Gasteiger partial charge >= 0.3 is 7.60 Å². The highest BCUT2D eigenvalue weighted by Gasteiger charge is 2.41.